The van der Waals surface area contributed by atoms with Crippen LogP contribution in [0.25, 0.3) is 0 Å². The van der Waals surface area contributed by atoms with Crippen LogP contribution < -0.4 is 10.6 Å². The predicted octanol–water partition coefficient (Wildman–Crippen LogP) is 2.30. The van der Waals surface area contributed by atoms with Gasteiger partial charge in [0.25, 0.3) is 5.91 Å². The predicted molar refractivity (Wildman–Crippen MR) is 84.9 cm³/mol. The molecule has 0 saturated carbocycles. The van der Waals surface area contributed by atoms with Gasteiger partial charge in [0.1, 0.15) is 6.54 Å². The van der Waals surface area contributed by atoms with Gasteiger partial charge in [0.2, 0.25) is 0 Å². The molecule has 2 N–H and O–H groups in total. The monoisotopic (exact) mass is 299 g/mol. The summed E-state index contributed by atoms with van der Waals surface area (Å²) in [5.74, 6) is -0.241. The van der Waals surface area contributed by atoms with Gasteiger partial charge in [-0.2, -0.15) is 5.26 Å². The van der Waals surface area contributed by atoms with Crippen molar-refractivity contribution >= 4 is 11.7 Å². The average Bonchev–Trinajstić information content (AvgIpc) is 2.55. The Bertz CT molecular complexity index is 600. The lowest BCUT2D eigenvalue weighted by Crippen LogP contribution is -2.32. The topological polar surface area (TPSA) is 82.0 Å². The number of hydrogen-bond acceptors (Lipinski definition) is 4. The van der Waals surface area contributed by atoms with E-state index in [9.17, 15) is 9.59 Å². The summed E-state index contributed by atoms with van der Waals surface area (Å²) in [6, 6.07) is 9.22. The molecule has 1 amide bonds. The molecule has 0 radical (unpaired) electrons. The van der Waals surface area contributed by atoms with E-state index in [1.54, 1.807) is 12.1 Å². The fourth-order valence-corrected chi connectivity index (χ4v) is 1.99. The summed E-state index contributed by atoms with van der Waals surface area (Å²) < 4.78 is 0. The first-order chi connectivity index (χ1) is 10.6. The van der Waals surface area contributed by atoms with E-state index in [1.807, 2.05) is 38.1 Å². The van der Waals surface area contributed by atoms with Crippen LogP contribution in [0.1, 0.15) is 42.6 Å². The maximum Gasteiger partial charge on any atom is 0.267 e. The van der Waals surface area contributed by atoms with Crippen LogP contribution in [0.2, 0.25) is 0 Å². The molecule has 116 valence electrons. The molecule has 0 bridgehead atoms. The maximum atomic E-state index is 11.9. The van der Waals surface area contributed by atoms with Gasteiger partial charge in [-0.05, 0) is 12.0 Å². The zero-order valence-corrected chi connectivity index (χ0v) is 13.0. The molecule has 0 aromatic heterocycles. The number of rotatable bonds is 8. The SMILES string of the molecule is CC/C=C(/NCc1ccccc1C(=O)CC)C(=O)NCC#N. The summed E-state index contributed by atoms with van der Waals surface area (Å²) in [5.41, 5.74) is 1.94. The molecule has 0 aliphatic heterocycles. The first-order valence-corrected chi connectivity index (χ1v) is 7.34. The van der Waals surface area contributed by atoms with Crippen LogP contribution in [-0.2, 0) is 11.3 Å². The minimum absolute atomic E-state index is 0.0352. The van der Waals surface area contributed by atoms with Crippen molar-refractivity contribution in [2.24, 2.45) is 0 Å². The zero-order chi connectivity index (χ0) is 16.4. The molecule has 22 heavy (non-hydrogen) atoms. The third-order valence-corrected chi connectivity index (χ3v) is 3.09. The number of hydrogen-bond donors (Lipinski definition) is 2. The molecule has 1 rings (SSSR count). The molecule has 5 heteroatoms. The van der Waals surface area contributed by atoms with Gasteiger partial charge in [-0.1, -0.05) is 44.2 Å². The van der Waals surface area contributed by atoms with Crippen LogP contribution in [0, 0.1) is 11.3 Å². The van der Waals surface area contributed by atoms with E-state index >= 15 is 0 Å². The van der Waals surface area contributed by atoms with E-state index in [0.29, 0.717) is 30.6 Å². The molecular weight excluding hydrogens is 278 g/mol. The number of ketones is 1. The van der Waals surface area contributed by atoms with Crippen molar-refractivity contribution in [2.45, 2.75) is 33.2 Å². The second-order valence-corrected chi connectivity index (χ2v) is 4.65. The van der Waals surface area contributed by atoms with E-state index in [4.69, 9.17) is 5.26 Å². The second kappa shape index (κ2) is 9.35. The Morgan fingerprint density at radius 2 is 1.95 bits per heavy atom. The molecule has 1 aromatic carbocycles. The highest BCUT2D eigenvalue weighted by molar-refractivity contribution is 5.97. The van der Waals surface area contributed by atoms with Crippen molar-refractivity contribution in [3.05, 3.63) is 47.2 Å². The maximum absolute atomic E-state index is 11.9. The van der Waals surface area contributed by atoms with Gasteiger partial charge in [-0.15, -0.1) is 0 Å². The number of allylic oxidation sites excluding steroid dienone is 1. The third kappa shape index (κ3) is 5.06. The number of benzene rings is 1. The molecule has 0 heterocycles. The quantitative estimate of drug-likeness (QED) is 0.438. The summed E-state index contributed by atoms with van der Waals surface area (Å²) >= 11 is 0. The van der Waals surface area contributed by atoms with Gasteiger partial charge in [0.05, 0.1) is 11.8 Å². The number of nitrogens with one attached hydrogen (secondary N) is 2. The highest BCUT2D eigenvalue weighted by Crippen LogP contribution is 2.11. The Morgan fingerprint density at radius 3 is 2.59 bits per heavy atom. The van der Waals surface area contributed by atoms with Gasteiger partial charge in [0, 0.05) is 18.5 Å². The Kier molecular flexibility index (Phi) is 7.41. The van der Waals surface area contributed by atoms with Crippen molar-refractivity contribution in [1.29, 1.82) is 5.26 Å². The number of Topliss-reactive ketones (excluding diaryl/α,β-unsaturated/α-hetero) is 1. The van der Waals surface area contributed by atoms with Crippen LogP contribution in [-0.4, -0.2) is 18.2 Å². The number of nitriles is 1. The molecule has 0 fully saturated rings. The van der Waals surface area contributed by atoms with E-state index in [-0.39, 0.29) is 18.2 Å². The molecule has 0 aliphatic carbocycles. The number of nitrogens with zero attached hydrogens (tertiary/aromatic N) is 1. The highest BCUT2D eigenvalue weighted by Gasteiger charge is 2.11. The van der Waals surface area contributed by atoms with Gasteiger partial charge in [0.15, 0.2) is 5.78 Å². The molecule has 5 nitrogen and oxygen atoms in total. The third-order valence-electron chi connectivity index (χ3n) is 3.09. The fraction of sp³-hybridized carbons (Fsp3) is 0.353. The minimum Gasteiger partial charge on any atom is -0.377 e. The highest BCUT2D eigenvalue weighted by atomic mass is 16.2. The number of amides is 1. The average molecular weight is 299 g/mol. The van der Waals surface area contributed by atoms with E-state index in [1.165, 1.54) is 0 Å². The van der Waals surface area contributed by atoms with E-state index in [0.717, 1.165) is 5.56 Å². The molecule has 0 unspecified atom stereocenters. The lowest BCUT2D eigenvalue weighted by molar-refractivity contribution is -0.117. The second-order valence-electron chi connectivity index (χ2n) is 4.65. The first kappa shape index (κ1) is 17.4. The minimum atomic E-state index is -0.317. The number of carbonyl (C=O) groups excluding carboxylic acids is 2. The van der Waals surface area contributed by atoms with Gasteiger partial charge in [-0.25, -0.2) is 0 Å². The van der Waals surface area contributed by atoms with Crippen molar-refractivity contribution in [2.75, 3.05) is 6.54 Å². The van der Waals surface area contributed by atoms with Crippen LogP contribution >= 0.6 is 0 Å². The van der Waals surface area contributed by atoms with E-state index in [2.05, 4.69) is 10.6 Å². The molecule has 1 aromatic rings. The molecule has 0 atom stereocenters. The van der Waals surface area contributed by atoms with Gasteiger partial charge >= 0.3 is 0 Å². The van der Waals surface area contributed by atoms with Crippen LogP contribution in [0.3, 0.4) is 0 Å². The molecule has 0 spiro atoms. The molecule has 0 saturated heterocycles. The van der Waals surface area contributed by atoms with Crippen molar-refractivity contribution in [3.63, 3.8) is 0 Å². The number of carbonyl (C=O) groups is 2. The lowest BCUT2D eigenvalue weighted by atomic mass is 10.0. The Balaban J connectivity index is 2.82. The summed E-state index contributed by atoms with van der Waals surface area (Å²) in [7, 11) is 0. The smallest absolute Gasteiger partial charge is 0.267 e. The van der Waals surface area contributed by atoms with Gasteiger partial charge in [-0.3, -0.25) is 9.59 Å². The fourth-order valence-electron chi connectivity index (χ4n) is 1.99. The summed E-state index contributed by atoms with van der Waals surface area (Å²) in [4.78, 5) is 23.9. The lowest BCUT2D eigenvalue weighted by Gasteiger charge is -2.13. The summed E-state index contributed by atoms with van der Waals surface area (Å²) in [6.45, 7) is 4.10. The van der Waals surface area contributed by atoms with Crippen molar-refractivity contribution in [1.82, 2.24) is 10.6 Å². The van der Waals surface area contributed by atoms with Crippen LogP contribution in [0.5, 0.6) is 0 Å². The zero-order valence-electron chi connectivity index (χ0n) is 13.0. The first-order valence-electron chi connectivity index (χ1n) is 7.34. The van der Waals surface area contributed by atoms with Crippen molar-refractivity contribution in [3.8, 4) is 6.07 Å². The molecular formula is C17H21N3O2. The Morgan fingerprint density at radius 1 is 1.23 bits per heavy atom. The van der Waals surface area contributed by atoms with Crippen LogP contribution in [0.4, 0.5) is 0 Å². The standard InChI is InChI=1S/C17H21N3O2/c1-3-7-15(17(22)19-11-10-18)20-12-13-8-5-6-9-14(13)16(21)4-2/h5-9,20H,3-4,11-12H2,1-2H3,(H,19,22)/b15-7+. The normalized spacial score (nSPS) is 10.7. The Hall–Kier alpha value is -2.61. The van der Waals surface area contributed by atoms with E-state index < -0.39 is 0 Å². The summed E-state index contributed by atoms with van der Waals surface area (Å²) in [5, 5.41) is 14.1. The Labute approximate surface area is 131 Å². The largest absolute Gasteiger partial charge is 0.377 e. The van der Waals surface area contributed by atoms with Crippen LogP contribution in [0.15, 0.2) is 36.0 Å². The summed E-state index contributed by atoms with van der Waals surface area (Å²) in [6.07, 6.45) is 2.89. The van der Waals surface area contributed by atoms with Crippen molar-refractivity contribution < 1.29 is 9.59 Å². The molecule has 0 aliphatic rings. The van der Waals surface area contributed by atoms with Gasteiger partial charge < -0.3 is 10.6 Å².